The van der Waals surface area contributed by atoms with E-state index < -0.39 is 11.5 Å². The fourth-order valence-electron chi connectivity index (χ4n) is 6.16. The largest absolute Gasteiger partial charge is 0.462 e. The van der Waals surface area contributed by atoms with Crippen LogP contribution in [0, 0.1) is 35.0 Å². The van der Waals surface area contributed by atoms with E-state index in [0.717, 1.165) is 25.7 Å². The van der Waals surface area contributed by atoms with Crippen LogP contribution >= 0.6 is 0 Å². The molecule has 2 aliphatic heterocycles. The van der Waals surface area contributed by atoms with Crippen molar-refractivity contribution in [1.29, 1.82) is 0 Å². The molecule has 30 heavy (non-hydrogen) atoms. The molecule has 1 N–H and O–H groups in total. The van der Waals surface area contributed by atoms with E-state index in [1.807, 2.05) is 6.92 Å². The maximum atomic E-state index is 12.9. The molecule has 4 aliphatic rings. The van der Waals surface area contributed by atoms with Crippen molar-refractivity contribution in [3.05, 3.63) is 23.8 Å². The third-order valence-corrected chi connectivity index (χ3v) is 8.28. The molecule has 0 saturated carbocycles. The van der Waals surface area contributed by atoms with Gasteiger partial charge in [-0.15, -0.1) is 0 Å². The Bertz CT molecular complexity index is 755. The lowest BCUT2D eigenvalue weighted by Gasteiger charge is -2.52. The van der Waals surface area contributed by atoms with Gasteiger partial charge in [-0.05, 0) is 55.9 Å². The maximum Gasteiger partial charge on any atom is 0.312 e. The van der Waals surface area contributed by atoms with Crippen molar-refractivity contribution in [3.63, 3.8) is 0 Å². The minimum atomic E-state index is -0.596. The molecule has 0 aromatic carbocycles. The van der Waals surface area contributed by atoms with E-state index in [1.165, 1.54) is 5.57 Å². The monoisotopic (exact) mass is 416 g/mol. The molecule has 0 spiro atoms. The summed E-state index contributed by atoms with van der Waals surface area (Å²) >= 11 is 0. The average Bonchev–Trinajstić information content (AvgIpc) is 2.68. The van der Waals surface area contributed by atoms with Gasteiger partial charge in [0.15, 0.2) is 0 Å². The number of aliphatic hydroxyl groups is 1. The predicted molar refractivity (Wildman–Crippen MR) is 113 cm³/mol. The van der Waals surface area contributed by atoms with Gasteiger partial charge >= 0.3 is 11.9 Å². The van der Waals surface area contributed by atoms with Gasteiger partial charge < -0.3 is 14.6 Å². The minimum Gasteiger partial charge on any atom is -0.462 e. The van der Waals surface area contributed by atoms with Crippen LogP contribution in [0.1, 0.15) is 66.2 Å². The summed E-state index contributed by atoms with van der Waals surface area (Å²) in [7, 11) is 0. The molecule has 0 bridgehead atoms. The van der Waals surface area contributed by atoms with E-state index in [1.54, 1.807) is 0 Å². The fraction of sp³-hybridized carbons (Fsp3) is 0.760. The molecule has 5 nitrogen and oxygen atoms in total. The Kier molecular flexibility index (Phi) is 5.86. The summed E-state index contributed by atoms with van der Waals surface area (Å²) in [6.07, 6.45) is 9.91. The van der Waals surface area contributed by atoms with Crippen molar-refractivity contribution in [2.45, 2.75) is 84.5 Å². The summed E-state index contributed by atoms with van der Waals surface area (Å²) in [6.45, 7) is 8.60. The van der Waals surface area contributed by atoms with Crippen molar-refractivity contribution in [2.24, 2.45) is 35.0 Å². The lowest BCUT2D eigenvalue weighted by atomic mass is 9.58. The van der Waals surface area contributed by atoms with Gasteiger partial charge in [0.05, 0.1) is 17.9 Å². The van der Waals surface area contributed by atoms with Crippen LogP contribution < -0.4 is 0 Å². The summed E-state index contributed by atoms with van der Waals surface area (Å²) in [4.78, 5) is 24.6. The molecule has 5 heteroatoms. The number of carbonyl (C=O) groups is 2. The van der Waals surface area contributed by atoms with Gasteiger partial charge in [0, 0.05) is 18.3 Å². The zero-order valence-corrected chi connectivity index (χ0v) is 18.7. The lowest BCUT2D eigenvalue weighted by molar-refractivity contribution is -0.185. The van der Waals surface area contributed by atoms with Gasteiger partial charge in [0.1, 0.15) is 12.2 Å². The number of hydrogen-bond donors (Lipinski definition) is 1. The molecule has 0 amide bonds. The predicted octanol–water partition coefficient (Wildman–Crippen LogP) is 4.20. The minimum absolute atomic E-state index is 0.0509. The number of ether oxygens (including phenoxy) is 2. The molecule has 2 saturated heterocycles. The standard InChI is InChI=1S/C25H36O5/c1-5-25(4)13-20-15(3)10-16-7-6-14(2)19(22(16)23(20)30-24(25)28)9-8-18-11-17(26)12-21(27)29-18/h6-7,10,14-15,17-20,22-23,26H,5,8-9,11-13H2,1-4H3/t14-,15-,17-,18-,19-,20?,22-,23-,25?/m1/s1. The third kappa shape index (κ3) is 3.86. The van der Waals surface area contributed by atoms with Crippen molar-refractivity contribution in [1.82, 2.24) is 0 Å². The normalized spacial score (nSPS) is 45.7. The molecule has 4 rings (SSSR count). The number of aliphatic hydroxyl groups excluding tert-OH is 1. The smallest absolute Gasteiger partial charge is 0.312 e. The first-order valence-electron chi connectivity index (χ1n) is 11.7. The topological polar surface area (TPSA) is 72.8 Å². The zero-order chi connectivity index (χ0) is 21.6. The summed E-state index contributed by atoms with van der Waals surface area (Å²) in [5.41, 5.74) is 0.902. The molecule has 2 aliphatic carbocycles. The summed E-state index contributed by atoms with van der Waals surface area (Å²) in [5, 5.41) is 9.93. The molecule has 166 valence electrons. The number of esters is 2. The van der Waals surface area contributed by atoms with E-state index >= 15 is 0 Å². The van der Waals surface area contributed by atoms with E-state index in [0.29, 0.717) is 30.1 Å². The SMILES string of the molecule is CCC1(C)CC2[C@H](C)C=C3C=C[C@@H](C)[C@@H](CC[C@@H]4C[C@@H](O)CC(=O)O4)[C@@H]3[C@@H]2OC1=O. The first kappa shape index (κ1) is 21.6. The van der Waals surface area contributed by atoms with Gasteiger partial charge in [-0.25, -0.2) is 0 Å². The molecule has 2 unspecified atom stereocenters. The van der Waals surface area contributed by atoms with Crippen molar-refractivity contribution >= 4 is 11.9 Å². The Hall–Kier alpha value is -1.62. The summed E-state index contributed by atoms with van der Waals surface area (Å²) in [6, 6.07) is 0. The van der Waals surface area contributed by atoms with Crippen LogP contribution in [0.3, 0.4) is 0 Å². The highest BCUT2D eigenvalue weighted by molar-refractivity contribution is 5.77. The molecule has 0 aromatic rings. The molecular formula is C25H36O5. The molecule has 2 heterocycles. The quantitative estimate of drug-likeness (QED) is 0.696. The van der Waals surface area contributed by atoms with Crippen LogP contribution in [0.5, 0.6) is 0 Å². The second-order valence-corrected chi connectivity index (χ2v) is 10.4. The van der Waals surface area contributed by atoms with Gasteiger partial charge in [0.2, 0.25) is 0 Å². The number of hydrogen-bond acceptors (Lipinski definition) is 5. The molecule has 0 aromatic heterocycles. The van der Waals surface area contributed by atoms with E-state index in [-0.39, 0.29) is 36.5 Å². The first-order valence-corrected chi connectivity index (χ1v) is 11.7. The molecular weight excluding hydrogens is 380 g/mol. The highest BCUT2D eigenvalue weighted by Crippen LogP contribution is 2.52. The van der Waals surface area contributed by atoms with Crippen LogP contribution in [0.25, 0.3) is 0 Å². The Morgan fingerprint density at radius 3 is 2.63 bits per heavy atom. The molecule has 9 atom stereocenters. The average molecular weight is 417 g/mol. The second kappa shape index (κ2) is 8.14. The first-order chi connectivity index (χ1) is 14.2. The van der Waals surface area contributed by atoms with Crippen molar-refractivity contribution < 1.29 is 24.2 Å². The Labute approximate surface area is 179 Å². The van der Waals surface area contributed by atoms with Gasteiger partial charge in [-0.3, -0.25) is 9.59 Å². The summed E-state index contributed by atoms with van der Waals surface area (Å²) in [5.74, 6) is 1.26. The van der Waals surface area contributed by atoms with E-state index in [4.69, 9.17) is 9.47 Å². The fourth-order valence-corrected chi connectivity index (χ4v) is 6.16. The highest BCUT2D eigenvalue weighted by atomic mass is 16.6. The van der Waals surface area contributed by atoms with Crippen LogP contribution in [0.15, 0.2) is 23.8 Å². The van der Waals surface area contributed by atoms with E-state index in [2.05, 4.69) is 39.0 Å². The second-order valence-electron chi connectivity index (χ2n) is 10.4. The third-order valence-electron chi connectivity index (χ3n) is 8.28. The lowest BCUT2D eigenvalue weighted by Crippen LogP contribution is -2.53. The highest BCUT2D eigenvalue weighted by Gasteiger charge is 2.53. The Morgan fingerprint density at radius 2 is 1.93 bits per heavy atom. The number of cyclic esters (lactones) is 1. The zero-order valence-electron chi connectivity index (χ0n) is 18.7. The van der Waals surface area contributed by atoms with E-state index in [9.17, 15) is 14.7 Å². The van der Waals surface area contributed by atoms with Crippen molar-refractivity contribution in [3.8, 4) is 0 Å². The molecule has 0 radical (unpaired) electrons. The number of fused-ring (bicyclic) bond motifs is 3. The van der Waals surface area contributed by atoms with Gasteiger partial charge in [0.25, 0.3) is 0 Å². The van der Waals surface area contributed by atoms with Crippen molar-refractivity contribution in [2.75, 3.05) is 0 Å². The van der Waals surface area contributed by atoms with Gasteiger partial charge in [-0.2, -0.15) is 0 Å². The Balaban J connectivity index is 1.55. The van der Waals surface area contributed by atoms with Crippen LogP contribution in [-0.2, 0) is 19.1 Å². The van der Waals surface area contributed by atoms with Crippen LogP contribution in [-0.4, -0.2) is 35.4 Å². The number of carbonyl (C=O) groups excluding carboxylic acids is 2. The summed E-state index contributed by atoms with van der Waals surface area (Å²) < 4.78 is 11.7. The van der Waals surface area contributed by atoms with Crippen LogP contribution in [0.2, 0.25) is 0 Å². The number of rotatable bonds is 4. The number of allylic oxidation sites excluding steroid dienone is 3. The Morgan fingerprint density at radius 1 is 1.17 bits per heavy atom. The van der Waals surface area contributed by atoms with Crippen LogP contribution in [0.4, 0.5) is 0 Å². The maximum absolute atomic E-state index is 12.9. The van der Waals surface area contributed by atoms with Gasteiger partial charge in [-0.1, -0.05) is 39.0 Å². The molecule has 2 fully saturated rings.